The number of alkyl halides is 3. The van der Waals surface area contributed by atoms with Crippen LogP contribution in [0.4, 0.5) is 13.2 Å². The lowest BCUT2D eigenvalue weighted by atomic mass is 9.85. The highest BCUT2D eigenvalue weighted by atomic mass is 19.4. The molecule has 0 aromatic carbocycles. The monoisotopic (exact) mass is 318 g/mol. The van der Waals surface area contributed by atoms with Crippen molar-refractivity contribution in [2.75, 3.05) is 0 Å². The predicted octanol–water partition coefficient (Wildman–Crippen LogP) is 3.56. The summed E-state index contributed by atoms with van der Waals surface area (Å²) in [7, 11) is 0. The number of hydrogen-bond donors (Lipinski definition) is 1. The zero-order valence-corrected chi connectivity index (χ0v) is 13.1. The van der Waals surface area contributed by atoms with Crippen molar-refractivity contribution in [3.63, 3.8) is 0 Å². The van der Waals surface area contributed by atoms with Gasteiger partial charge in [-0.1, -0.05) is 26.2 Å². The zero-order chi connectivity index (χ0) is 16.2. The summed E-state index contributed by atoms with van der Waals surface area (Å²) in [6, 6.07) is 0.0540. The van der Waals surface area contributed by atoms with Crippen LogP contribution in [0.25, 0.3) is 0 Å². The molecule has 7 heteroatoms. The third kappa shape index (κ3) is 4.97. The van der Waals surface area contributed by atoms with Crippen molar-refractivity contribution in [2.45, 2.75) is 83.0 Å². The van der Waals surface area contributed by atoms with E-state index in [-0.39, 0.29) is 12.0 Å². The molecule has 4 nitrogen and oxygen atoms in total. The summed E-state index contributed by atoms with van der Waals surface area (Å²) in [6.07, 6.45) is 2.80. The molecule has 0 unspecified atom stereocenters. The van der Waals surface area contributed by atoms with Crippen LogP contribution in [0.15, 0.2) is 0 Å². The number of unbranched alkanes of at least 4 members (excludes halogenated alkanes) is 2. The summed E-state index contributed by atoms with van der Waals surface area (Å²) in [4.78, 5) is 4.42. The van der Waals surface area contributed by atoms with Crippen LogP contribution in [-0.2, 0) is 13.0 Å². The molecule has 1 aliphatic rings. The molecule has 126 valence electrons. The third-order valence-electron chi connectivity index (χ3n) is 4.16. The minimum Gasteiger partial charge on any atom is -0.328 e. The third-order valence-corrected chi connectivity index (χ3v) is 4.16. The van der Waals surface area contributed by atoms with Crippen LogP contribution in [-0.4, -0.2) is 27.0 Å². The van der Waals surface area contributed by atoms with E-state index in [1.807, 2.05) is 0 Å². The molecule has 1 fully saturated rings. The molecule has 0 saturated heterocycles. The number of halogens is 3. The van der Waals surface area contributed by atoms with Gasteiger partial charge in [-0.15, -0.1) is 0 Å². The highest BCUT2D eigenvalue weighted by molar-refractivity contribution is 5.04. The van der Waals surface area contributed by atoms with E-state index in [1.165, 1.54) is 0 Å². The Kier molecular flexibility index (Phi) is 5.83. The standard InChI is InChI=1S/C15H25F3N4/c1-2-3-4-8-13-20-14(11-6-5-7-12(19)9-11)22(21-13)10-15(16,17)18/h11-12H,2-10,19H2,1H3/t11-,12+/m1/s1. The van der Waals surface area contributed by atoms with Crippen molar-refractivity contribution in [1.29, 1.82) is 0 Å². The van der Waals surface area contributed by atoms with Gasteiger partial charge in [0.05, 0.1) is 0 Å². The Balaban J connectivity index is 2.16. The molecule has 1 aromatic heterocycles. The van der Waals surface area contributed by atoms with Crippen LogP contribution in [0.1, 0.15) is 69.4 Å². The lowest BCUT2D eigenvalue weighted by molar-refractivity contribution is -0.143. The van der Waals surface area contributed by atoms with Gasteiger partial charge in [-0.2, -0.15) is 18.3 Å². The smallest absolute Gasteiger partial charge is 0.328 e. The topological polar surface area (TPSA) is 56.7 Å². The summed E-state index contributed by atoms with van der Waals surface area (Å²) in [5.74, 6) is 1.00. The molecule has 1 saturated carbocycles. The summed E-state index contributed by atoms with van der Waals surface area (Å²) in [5.41, 5.74) is 5.97. The van der Waals surface area contributed by atoms with E-state index in [2.05, 4.69) is 17.0 Å². The van der Waals surface area contributed by atoms with E-state index in [9.17, 15) is 13.2 Å². The van der Waals surface area contributed by atoms with Gasteiger partial charge in [0.25, 0.3) is 0 Å². The lowest BCUT2D eigenvalue weighted by Gasteiger charge is -2.26. The molecule has 2 rings (SSSR count). The fourth-order valence-corrected chi connectivity index (χ4v) is 3.09. The Morgan fingerprint density at radius 2 is 2.05 bits per heavy atom. The first kappa shape index (κ1) is 17.2. The molecule has 1 heterocycles. The first-order valence-corrected chi connectivity index (χ1v) is 8.15. The van der Waals surface area contributed by atoms with Crippen molar-refractivity contribution in [1.82, 2.24) is 14.8 Å². The van der Waals surface area contributed by atoms with Gasteiger partial charge in [-0.25, -0.2) is 9.67 Å². The second-order valence-electron chi connectivity index (χ2n) is 6.24. The number of rotatable bonds is 6. The van der Waals surface area contributed by atoms with Crippen molar-refractivity contribution < 1.29 is 13.2 Å². The number of nitrogens with two attached hydrogens (primary N) is 1. The predicted molar refractivity (Wildman–Crippen MR) is 78.5 cm³/mol. The minimum atomic E-state index is -4.28. The fourth-order valence-electron chi connectivity index (χ4n) is 3.09. The second kappa shape index (κ2) is 7.44. The second-order valence-corrected chi connectivity index (χ2v) is 6.24. The lowest BCUT2D eigenvalue weighted by Crippen LogP contribution is -2.29. The highest BCUT2D eigenvalue weighted by Gasteiger charge is 2.33. The Morgan fingerprint density at radius 3 is 2.68 bits per heavy atom. The maximum atomic E-state index is 12.8. The summed E-state index contributed by atoms with van der Waals surface area (Å²) >= 11 is 0. The van der Waals surface area contributed by atoms with Gasteiger partial charge in [0.1, 0.15) is 12.4 Å². The highest BCUT2D eigenvalue weighted by Crippen LogP contribution is 2.32. The minimum absolute atomic E-state index is 0.00137. The van der Waals surface area contributed by atoms with Crippen LogP contribution in [0.2, 0.25) is 0 Å². The van der Waals surface area contributed by atoms with E-state index in [4.69, 9.17) is 5.73 Å². The maximum absolute atomic E-state index is 12.8. The molecule has 0 amide bonds. The van der Waals surface area contributed by atoms with Crippen molar-refractivity contribution >= 4 is 0 Å². The van der Waals surface area contributed by atoms with Crippen LogP contribution >= 0.6 is 0 Å². The number of aromatic nitrogens is 3. The van der Waals surface area contributed by atoms with E-state index in [1.54, 1.807) is 0 Å². The molecule has 2 N–H and O–H groups in total. The van der Waals surface area contributed by atoms with Gasteiger partial charge in [0.2, 0.25) is 0 Å². The molecule has 1 aromatic rings. The van der Waals surface area contributed by atoms with Crippen molar-refractivity contribution in [2.24, 2.45) is 5.73 Å². The Morgan fingerprint density at radius 1 is 1.27 bits per heavy atom. The van der Waals surface area contributed by atoms with Crippen molar-refractivity contribution in [3.8, 4) is 0 Å². The average Bonchev–Trinajstić information content (AvgIpc) is 2.80. The first-order valence-electron chi connectivity index (χ1n) is 8.15. The summed E-state index contributed by atoms with van der Waals surface area (Å²) in [5, 5.41) is 4.11. The van der Waals surface area contributed by atoms with Gasteiger partial charge in [-0.3, -0.25) is 0 Å². The maximum Gasteiger partial charge on any atom is 0.408 e. The van der Waals surface area contributed by atoms with Crippen LogP contribution in [0.5, 0.6) is 0 Å². The summed E-state index contributed by atoms with van der Waals surface area (Å²) in [6.45, 7) is 1.03. The van der Waals surface area contributed by atoms with Crippen LogP contribution in [0, 0.1) is 0 Å². The van der Waals surface area contributed by atoms with Crippen molar-refractivity contribution in [3.05, 3.63) is 11.6 Å². The largest absolute Gasteiger partial charge is 0.408 e. The molecular formula is C15H25F3N4. The van der Waals surface area contributed by atoms with E-state index < -0.39 is 12.7 Å². The number of hydrogen-bond acceptors (Lipinski definition) is 3. The van der Waals surface area contributed by atoms with E-state index in [0.717, 1.165) is 43.2 Å². The van der Waals surface area contributed by atoms with E-state index >= 15 is 0 Å². The van der Waals surface area contributed by atoms with Gasteiger partial charge >= 0.3 is 6.18 Å². The number of aryl methyl sites for hydroxylation is 1. The van der Waals surface area contributed by atoms with Crippen LogP contribution in [0.3, 0.4) is 0 Å². The Bertz CT molecular complexity index is 470. The van der Waals surface area contributed by atoms with E-state index in [0.29, 0.717) is 24.5 Å². The number of nitrogens with zero attached hydrogens (tertiary/aromatic N) is 3. The molecule has 1 aliphatic carbocycles. The SMILES string of the molecule is CCCCCc1nc([C@@H]2CCC[C@H](N)C2)n(CC(F)(F)F)n1. The van der Waals surface area contributed by atoms with Gasteiger partial charge in [-0.05, 0) is 25.7 Å². The summed E-state index contributed by atoms with van der Waals surface area (Å²) < 4.78 is 39.4. The Labute approximate surface area is 129 Å². The molecule has 0 radical (unpaired) electrons. The quantitative estimate of drug-likeness (QED) is 0.816. The molecule has 0 bridgehead atoms. The van der Waals surface area contributed by atoms with Gasteiger partial charge < -0.3 is 5.73 Å². The molecule has 0 spiro atoms. The zero-order valence-electron chi connectivity index (χ0n) is 13.1. The molecule has 2 atom stereocenters. The fraction of sp³-hybridized carbons (Fsp3) is 0.867. The van der Waals surface area contributed by atoms with Gasteiger partial charge in [0.15, 0.2) is 5.82 Å². The average molecular weight is 318 g/mol. The molecule has 0 aliphatic heterocycles. The molecular weight excluding hydrogens is 293 g/mol. The Hall–Kier alpha value is -1.11. The van der Waals surface area contributed by atoms with Crippen LogP contribution < -0.4 is 5.73 Å². The molecule has 22 heavy (non-hydrogen) atoms. The first-order chi connectivity index (χ1) is 10.4. The van der Waals surface area contributed by atoms with Gasteiger partial charge in [0, 0.05) is 18.4 Å². The normalized spacial score (nSPS) is 23.0.